The van der Waals surface area contributed by atoms with Crippen molar-refractivity contribution in [2.24, 2.45) is 5.73 Å². The molecule has 3 heterocycles. The molecule has 2 aromatic heterocycles. The molecule has 138 valence electrons. The van der Waals surface area contributed by atoms with Gasteiger partial charge in [-0.05, 0) is 25.0 Å². The Labute approximate surface area is 154 Å². The highest BCUT2D eigenvalue weighted by molar-refractivity contribution is 5.98. The number of nitrogens with one attached hydrogen (secondary N) is 1. The van der Waals surface area contributed by atoms with E-state index in [1.54, 1.807) is 12.3 Å². The van der Waals surface area contributed by atoms with Crippen molar-refractivity contribution in [3.8, 4) is 6.07 Å². The number of hydrogen-bond acceptors (Lipinski definition) is 8. The number of carbonyl (C=O) groups excluding carboxylic acids is 1. The number of pyridine rings is 2. The van der Waals surface area contributed by atoms with Crippen LogP contribution in [0, 0.1) is 21.4 Å². The van der Waals surface area contributed by atoms with E-state index in [0.29, 0.717) is 5.56 Å². The number of piperidine rings is 1. The lowest BCUT2D eigenvalue weighted by Gasteiger charge is -2.33. The van der Waals surface area contributed by atoms with Gasteiger partial charge in [-0.15, -0.1) is 0 Å². The summed E-state index contributed by atoms with van der Waals surface area (Å²) >= 11 is 0. The van der Waals surface area contributed by atoms with E-state index in [-0.39, 0.29) is 23.1 Å². The van der Waals surface area contributed by atoms with Gasteiger partial charge in [0.25, 0.3) is 11.6 Å². The maximum atomic E-state index is 11.6. The van der Waals surface area contributed by atoms with Crippen LogP contribution in [0.5, 0.6) is 0 Å². The smallest absolute Gasteiger partial charge is 0.288 e. The molecule has 1 saturated heterocycles. The second kappa shape index (κ2) is 7.65. The van der Waals surface area contributed by atoms with Gasteiger partial charge in [-0.3, -0.25) is 14.9 Å². The molecule has 1 aliphatic rings. The minimum atomic E-state index is -0.770. The van der Waals surface area contributed by atoms with Crippen molar-refractivity contribution >= 4 is 23.2 Å². The summed E-state index contributed by atoms with van der Waals surface area (Å²) in [6.45, 7) is 1.46. The molecule has 3 N–H and O–H groups in total. The normalized spacial score (nSPS) is 14.4. The lowest BCUT2D eigenvalue weighted by atomic mass is 10.0. The van der Waals surface area contributed by atoms with E-state index in [1.165, 1.54) is 0 Å². The Morgan fingerprint density at radius 3 is 2.63 bits per heavy atom. The lowest BCUT2D eigenvalue weighted by Crippen LogP contribution is -2.40. The van der Waals surface area contributed by atoms with E-state index < -0.39 is 10.8 Å². The molecule has 0 aromatic carbocycles. The molecule has 3 rings (SSSR count). The Morgan fingerprint density at radius 2 is 2.07 bits per heavy atom. The number of anilines is 2. The molecule has 1 aliphatic heterocycles. The Hall–Kier alpha value is -3.74. The van der Waals surface area contributed by atoms with Crippen LogP contribution in [-0.2, 0) is 0 Å². The van der Waals surface area contributed by atoms with Crippen LogP contribution in [0.1, 0.15) is 28.8 Å². The molecular weight excluding hydrogens is 350 g/mol. The molecule has 0 saturated carbocycles. The van der Waals surface area contributed by atoms with Crippen molar-refractivity contribution < 1.29 is 9.72 Å². The van der Waals surface area contributed by atoms with Crippen LogP contribution in [0.25, 0.3) is 0 Å². The fourth-order valence-electron chi connectivity index (χ4n) is 2.94. The van der Waals surface area contributed by atoms with Gasteiger partial charge in [0.15, 0.2) is 0 Å². The number of aromatic nitrogens is 2. The number of carbonyl (C=O) groups is 1. The number of primary amides is 1. The highest BCUT2D eigenvalue weighted by atomic mass is 16.6. The predicted molar refractivity (Wildman–Crippen MR) is 97.2 cm³/mol. The minimum absolute atomic E-state index is 0.000360. The van der Waals surface area contributed by atoms with Gasteiger partial charge in [-0.2, -0.15) is 5.26 Å². The number of nitro groups is 1. The topological polar surface area (TPSA) is 151 Å². The Balaban J connectivity index is 1.66. The van der Waals surface area contributed by atoms with Gasteiger partial charge in [0.2, 0.25) is 0 Å². The van der Waals surface area contributed by atoms with E-state index in [4.69, 9.17) is 11.0 Å². The number of hydrogen-bond donors (Lipinski definition) is 2. The maximum Gasteiger partial charge on any atom is 0.288 e. The summed E-state index contributed by atoms with van der Waals surface area (Å²) in [7, 11) is 0. The number of nitrogens with two attached hydrogens (primary N) is 1. The first-order valence-electron chi connectivity index (χ1n) is 8.30. The zero-order valence-electron chi connectivity index (χ0n) is 14.3. The summed E-state index contributed by atoms with van der Waals surface area (Å²) in [4.78, 5) is 32.2. The van der Waals surface area contributed by atoms with Gasteiger partial charge in [-0.25, -0.2) is 9.97 Å². The van der Waals surface area contributed by atoms with E-state index >= 15 is 0 Å². The number of amides is 1. The van der Waals surface area contributed by atoms with Crippen molar-refractivity contribution in [2.45, 2.75) is 18.9 Å². The zero-order chi connectivity index (χ0) is 19.4. The Morgan fingerprint density at radius 1 is 1.33 bits per heavy atom. The van der Waals surface area contributed by atoms with Crippen LogP contribution in [0.4, 0.5) is 17.3 Å². The van der Waals surface area contributed by atoms with E-state index in [1.807, 2.05) is 12.1 Å². The minimum Gasteiger partial charge on any atom is -0.367 e. The number of nitriles is 1. The molecule has 10 heteroatoms. The largest absolute Gasteiger partial charge is 0.367 e. The van der Waals surface area contributed by atoms with Crippen LogP contribution in [0.15, 0.2) is 30.6 Å². The molecule has 10 nitrogen and oxygen atoms in total. The second-order valence-corrected chi connectivity index (χ2v) is 6.13. The highest BCUT2D eigenvalue weighted by Gasteiger charge is 2.23. The van der Waals surface area contributed by atoms with Crippen molar-refractivity contribution in [1.29, 1.82) is 5.26 Å². The van der Waals surface area contributed by atoms with Crippen molar-refractivity contribution in [2.75, 3.05) is 23.3 Å². The monoisotopic (exact) mass is 367 g/mol. The van der Waals surface area contributed by atoms with Crippen molar-refractivity contribution in [3.63, 3.8) is 0 Å². The zero-order valence-corrected chi connectivity index (χ0v) is 14.3. The summed E-state index contributed by atoms with van der Waals surface area (Å²) < 4.78 is 0. The lowest BCUT2D eigenvalue weighted by molar-refractivity contribution is -0.385. The number of rotatable bonds is 5. The summed E-state index contributed by atoms with van der Waals surface area (Å²) in [5.74, 6) is 0.287. The molecule has 0 spiro atoms. The molecule has 27 heavy (non-hydrogen) atoms. The van der Waals surface area contributed by atoms with Crippen LogP contribution >= 0.6 is 0 Å². The first kappa shape index (κ1) is 18.1. The molecule has 2 aromatic rings. The van der Waals surface area contributed by atoms with E-state index in [2.05, 4.69) is 20.2 Å². The van der Waals surface area contributed by atoms with Crippen molar-refractivity contribution in [3.05, 3.63) is 51.8 Å². The summed E-state index contributed by atoms with van der Waals surface area (Å²) in [5, 5.41) is 22.8. The maximum absolute atomic E-state index is 11.6. The average molecular weight is 367 g/mol. The predicted octanol–water partition coefficient (Wildman–Crippen LogP) is 1.44. The van der Waals surface area contributed by atoms with E-state index in [9.17, 15) is 14.9 Å². The number of nitrogens with zero attached hydrogens (tertiary/aromatic N) is 5. The molecule has 1 fully saturated rings. The molecule has 0 bridgehead atoms. The van der Waals surface area contributed by atoms with Crippen LogP contribution in [0.3, 0.4) is 0 Å². The Bertz CT molecular complexity index is 900. The van der Waals surface area contributed by atoms with Crippen LogP contribution in [0.2, 0.25) is 0 Å². The fourth-order valence-corrected chi connectivity index (χ4v) is 2.94. The molecule has 0 unspecified atom stereocenters. The first-order valence-corrected chi connectivity index (χ1v) is 8.30. The summed E-state index contributed by atoms with van der Waals surface area (Å²) in [6, 6.07) is 6.76. The van der Waals surface area contributed by atoms with Gasteiger partial charge < -0.3 is 16.0 Å². The highest BCUT2D eigenvalue weighted by Crippen LogP contribution is 2.23. The summed E-state index contributed by atoms with van der Waals surface area (Å²) in [6.07, 6.45) is 4.17. The van der Waals surface area contributed by atoms with Crippen LogP contribution in [-0.4, -0.2) is 39.9 Å². The molecule has 0 atom stereocenters. The average Bonchev–Trinajstić information content (AvgIpc) is 2.68. The van der Waals surface area contributed by atoms with Gasteiger partial charge in [0, 0.05) is 31.4 Å². The van der Waals surface area contributed by atoms with Crippen LogP contribution < -0.4 is 16.0 Å². The molecule has 0 aliphatic carbocycles. The van der Waals surface area contributed by atoms with Crippen molar-refractivity contribution in [1.82, 2.24) is 9.97 Å². The van der Waals surface area contributed by atoms with Gasteiger partial charge in [0.05, 0.1) is 16.1 Å². The fraction of sp³-hybridized carbons (Fsp3) is 0.294. The quantitative estimate of drug-likeness (QED) is 0.595. The SMILES string of the molecule is N#Cc1ccc(N2CCC(Nc3ncc([N+](=O)[O-])cc3C(N)=O)CC2)nc1. The third kappa shape index (κ3) is 4.09. The first-order chi connectivity index (χ1) is 13.0. The molecule has 0 radical (unpaired) electrons. The third-order valence-electron chi connectivity index (χ3n) is 4.39. The second-order valence-electron chi connectivity index (χ2n) is 6.13. The standard InChI is InChI=1S/C17H17N7O3/c18-8-11-1-2-15(20-9-11)23-5-3-12(4-6-23)22-17-14(16(19)25)7-13(10-21-17)24(26)27/h1-2,7,9-10,12H,3-6H2,(H2,19,25)(H,21,22). The third-order valence-corrected chi connectivity index (χ3v) is 4.39. The van der Waals surface area contributed by atoms with Gasteiger partial charge in [0.1, 0.15) is 23.9 Å². The molecule has 1 amide bonds. The Kier molecular flexibility index (Phi) is 5.12. The summed E-state index contributed by atoms with van der Waals surface area (Å²) in [5.41, 5.74) is 5.56. The van der Waals surface area contributed by atoms with E-state index in [0.717, 1.165) is 44.0 Å². The van der Waals surface area contributed by atoms with Gasteiger partial charge >= 0.3 is 0 Å². The molecular formula is C17H17N7O3. The van der Waals surface area contributed by atoms with Gasteiger partial charge in [-0.1, -0.05) is 0 Å².